The predicted molar refractivity (Wildman–Crippen MR) is 77.3 cm³/mol. The van der Waals surface area contributed by atoms with Crippen LogP contribution in [0.25, 0.3) is 5.69 Å². The van der Waals surface area contributed by atoms with Crippen LogP contribution in [-0.2, 0) is 16.0 Å². The summed E-state index contributed by atoms with van der Waals surface area (Å²) in [6.45, 7) is 3.50. The van der Waals surface area contributed by atoms with Crippen LogP contribution in [0.3, 0.4) is 0 Å². The average molecular weight is 303 g/mol. The van der Waals surface area contributed by atoms with Crippen LogP contribution in [-0.4, -0.2) is 43.2 Å². The Morgan fingerprint density at radius 3 is 2.45 bits per heavy atom. The molecule has 0 fully saturated rings. The second kappa shape index (κ2) is 6.79. The lowest BCUT2D eigenvalue weighted by molar-refractivity contribution is -0.143. The van der Waals surface area contributed by atoms with Crippen LogP contribution in [0.2, 0.25) is 0 Å². The number of carbonyl (C=O) groups excluding carboxylic acids is 1. The topological polar surface area (TPSA) is 110 Å². The van der Waals surface area contributed by atoms with E-state index in [9.17, 15) is 9.59 Å². The summed E-state index contributed by atoms with van der Waals surface area (Å²) in [6.07, 6.45) is 1.59. The molecule has 1 aromatic carbocycles. The molecule has 0 aliphatic rings. The summed E-state index contributed by atoms with van der Waals surface area (Å²) in [5.41, 5.74) is 1.56. The first-order valence-corrected chi connectivity index (χ1v) is 6.82. The van der Waals surface area contributed by atoms with Gasteiger partial charge in [0, 0.05) is 0 Å². The van der Waals surface area contributed by atoms with Crippen LogP contribution in [0, 0.1) is 5.92 Å². The van der Waals surface area contributed by atoms with Gasteiger partial charge in [-0.25, -0.2) is 9.48 Å². The molecule has 116 valence electrons. The van der Waals surface area contributed by atoms with Gasteiger partial charge in [0.15, 0.2) is 0 Å². The van der Waals surface area contributed by atoms with E-state index >= 15 is 0 Å². The van der Waals surface area contributed by atoms with Crippen molar-refractivity contribution in [2.24, 2.45) is 5.92 Å². The highest BCUT2D eigenvalue weighted by atomic mass is 16.4. The zero-order chi connectivity index (χ0) is 16.1. The Morgan fingerprint density at radius 1 is 1.27 bits per heavy atom. The Balaban J connectivity index is 1.98. The number of carboxylic acids is 1. The molecule has 0 unspecified atom stereocenters. The van der Waals surface area contributed by atoms with Gasteiger partial charge in [0.05, 0.1) is 12.1 Å². The standard InChI is InChI=1S/C14H17N5O3/c1-9(2)13(14(21)22)16-12(20)7-10-3-5-11(6-4-10)19-8-15-17-18-19/h3-6,8-9,13H,7H2,1-2H3,(H,16,20)(H,21,22)/t13-/m1/s1. The molecule has 8 nitrogen and oxygen atoms in total. The van der Waals surface area contributed by atoms with E-state index in [2.05, 4.69) is 20.8 Å². The summed E-state index contributed by atoms with van der Waals surface area (Å²) in [5.74, 6) is -1.53. The summed E-state index contributed by atoms with van der Waals surface area (Å²) >= 11 is 0. The number of aromatic nitrogens is 4. The van der Waals surface area contributed by atoms with E-state index in [0.717, 1.165) is 11.3 Å². The number of amides is 1. The lowest BCUT2D eigenvalue weighted by Gasteiger charge is -2.17. The van der Waals surface area contributed by atoms with E-state index in [1.165, 1.54) is 11.0 Å². The highest BCUT2D eigenvalue weighted by Gasteiger charge is 2.23. The SMILES string of the molecule is CC(C)[C@@H](NC(=O)Cc1ccc(-n2cnnn2)cc1)C(=O)O. The van der Waals surface area contributed by atoms with Gasteiger partial charge in [0.2, 0.25) is 5.91 Å². The molecule has 0 bridgehead atoms. The van der Waals surface area contributed by atoms with Crippen molar-refractivity contribution in [3.05, 3.63) is 36.2 Å². The molecule has 1 heterocycles. The minimum Gasteiger partial charge on any atom is -0.480 e. The predicted octanol–water partition coefficient (Wildman–Crippen LogP) is 0.430. The van der Waals surface area contributed by atoms with Crippen LogP contribution in [0.4, 0.5) is 0 Å². The van der Waals surface area contributed by atoms with Gasteiger partial charge >= 0.3 is 5.97 Å². The quantitative estimate of drug-likeness (QED) is 0.800. The zero-order valence-electron chi connectivity index (χ0n) is 12.3. The molecular formula is C14H17N5O3. The number of rotatable bonds is 6. The molecule has 0 aliphatic carbocycles. The van der Waals surface area contributed by atoms with Gasteiger partial charge in [-0.15, -0.1) is 5.10 Å². The van der Waals surface area contributed by atoms with E-state index in [4.69, 9.17) is 5.11 Å². The normalized spacial score (nSPS) is 12.1. The Bertz CT molecular complexity index is 637. The molecule has 0 radical (unpaired) electrons. The Kier molecular flexibility index (Phi) is 4.82. The molecule has 2 N–H and O–H groups in total. The third-order valence-electron chi connectivity index (χ3n) is 3.16. The number of aliphatic carboxylic acids is 1. The van der Waals surface area contributed by atoms with Crippen LogP contribution in [0.5, 0.6) is 0 Å². The van der Waals surface area contributed by atoms with E-state index < -0.39 is 12.0 Å². The van der Waals surface area contributed by atoms with Gasteiger partial charge in [-0.05, 0) is 34.0 Å². The maximum absolute atomic E-state index is 11.9. The van der Waals surface area contributed by atoms with E-state index in [0.29, 0.717) is 0 Å². The van der Waals surface area contributed by atoms with Gasteiger partial charge in [0.1, 0.15) is 12.4 Å². The number of tetrazole rings is 1. The first-order valence-electron chi connectivity index (χ1n) is 6.82. The van der Waals surface area contributed by atoms with Crippen LogP contribution in [0.15, 0.2) is 30.6 Å². The van der Waals surface area contributed by atoms with Crippen molar-refractivity contribution in [2.45, 2.75) is 26.3 Å². The largest absolute Gasteiger partial charge is 0.480 e. The summed E-state index contributed by atoms with van der Waals surface area (Å²) in [7, 11) is 0. The average Bonchev–Trinajstić information content (AvgIpc) is 2.99. The van der Waals surface area contributed by atoms with Crippen molar-refractivity contribution in [3.63, 3.8) is 0 Å². The molecular weight excluding hydrogens is 286 g/mol. The maximum atomic E-state index is 11.9. The number of carboxylic acid groups (broad SMARTS) is 1. The van der Waals surface area contributed by atoms with Crippen molar-refractivity contribution in [1.82, 2.24) is 25.5 Å². The lowest BCUT2D eigenvalue weighted by atomic mass is 10.0. The van der Waals surface area contributed by atoms with Crippen molar-refractivity contribution >= 4 is 11.9 Å². The molecule has 1 amide bonds. The van der Waals surface area contributed by atoms with Gasteiger partial charge in [0.25, 0.3) is 0 Å². The Hall–Kier alpha value is -2.77. The van der Waals surface area contributed by atoms with Crippen molar-refractivity contribution in [2.75, 3.05) is 0 Å². The first-order chi connectivity index (χ1) is 10.5. The number of hydrogen-bond acceptors (Lipinski definition) is 5. The van der Waals surface area contributed by atoms with Gasteiger partial charge in [-0.3, -0.25) is 4.79 Å². The van der Waals surface area contributed by atoms with E-state index in [1.54, 1.807) is 38.1 Å². The van der Waals surface area contributed by atoms with Gasteiger partial charge < -0.3 is 10.4 Å². The molecule has 2 aromatic rings. The summed E-state index contributed by atoms with van der Waals surface area (Å²) in [6, 6.07) is 6.25. The van der Waals surface area contributed by atoms with Crippen molar-refractivity contribution in [1.29, 1.82) is 0 Å². The minimum atomic E-state index is -1.03. The number of carbonyl (C=O) groups is 2. The van der Waals surface area contributed by atoms with Crippen LogP contribution < -0.4 is 5.32 Å². The van der Waals surface area contributed by atoms with Gasteiger partial charge in [-0.1, -0.05) is 26.0 Å². The zero-order valence-corrected chi connectivity index (χ0v) is 12.3. The number of hydrogen-bond donors (Lipinski definition) is 2. The molecule has 0 saturated heterocycles. The Morgan fingerprint density at radius 2 is 1.95 bits per heavy atom. The lowest BCUT2D eigenvalue weighted by Crippen LogP contribution is -2.44. The summed E-state index contributed by atoms with van der Waals surface area (Å²) in [4.78, 5) is 23.0. The molecule has 1 aromatic heterocycles. The fourth-order valence-electron chi connectivity index (χ4n) is 1.97. The van der Waals surface area contributed by atoms with E-state index in [1.807, 2.05) is 0 Å². The molecule has 2 rings (SSSR count). The molecule has 0 aliphatic heterocycles. The summed E-state index contributed by atoms with van der Waals surface area (Å²) in [5, 5.41) is 22.5. The molecule has 0 spiro atoms. The van der Waals surface area contributed by atoms with Crippen molar-refractivity contribution < 1.29 is 14.7 Å². The minimum absolute atomic E-state index is 0.117. The Labute approximate surface area is 127 Å². The first kappa shape index (κ1) is 15.6. The summed E-state index contributed by atoms with van der Waals surface area (Å²) < 4.78 is 1.50. The molecule has 0 saturated carbocycles. The van der Waals surface area contributed by atoms with Crippen LogP contribution in [0.1, 0.15) is 19.4 Å². The van der Waals surface area contributed by atoms with Crippen molar-refractivity contribution in [3.8, 4) is 5.69 Å². The monoisotopic (exact) mass is 303 g/mol. The molecule has 1 atom stereocenters. The number of nitrogens with one attached hydrogen (secondary N) is 1. The van der Waals surface area contributed by atoms with Gasteiger partial charge in [-0.2, -0.15) is 0 Å². The van der Waals surface area contributed by atoms with E-state index in [-0.39, 0.29) is 18.2 Å². The number of nitrogens with zero attached hydrogens (tertiary/aromatic N) is 4. The fourth-order valence-corrected chi connectivity index (χ4v) is 1.97. The van der Waals surface area contributed by atoms with Crippen LogP contribution >= 0.6 is 0 Å². The second-order valence-electron chi connectivity index (χ2n) is 5.23. The maximum Gasteiger partial charge on any atom is 0.326 e. The number of benzene rings is 1. The highest BCUT2D eigenvalue weighted by Crippen LogP contribution is 2.09. The molecule has 8 heteroatoms. The fraction of sp³-hybridized carbons (Fsp3) is 0.357. The smallest absolute Gasteiger partial charge is 0.326 e. The second-order valence-corrected chi connectivity index (χ2v) is 5.23. The molecule has 22 heavy (non-hydrogen) atoms. The third kappa shape index (κ3) is 3.87. The third-order valence-corrected chi connectivity index (χ3v) is 3.16. The highest BCUT2D eigenvalue weighted by molar-refractivity contribution is 5.85.